The highest BCUT2D eigenvalue weighted by atomic mass is 19.1. The molecule has 9 nitrogen and oxygen atoms in total. The third kappa shape index (κ3) is 10.7. The Kier molecular flexibility index (Phi) is 12.9. The number of nitrogens with zero attached hydrogens (tertiary/aromatic N) is 3. The molecule has 3 aromatic carbocycles. The fourth-order valence-corrected chi connectivity index (χ4v) is 5.32. The molecule has 0 radical (unpaired) electrons. The summed E-state index contributed by atoms with van der Waals surface area (Å²) in [6, 6.07) is 26.7. The molecule has 0 saturated heterocycles. The maximum Gasteiger partial charge on any atom is 0.410 e. The Hall–Kier alpha value is -4.12. The normalized spacial score (nSPS) is 13.9. The zero-order valence-corrected chi connectivity index (χ0v) is 28.7. The number of rotatable bonds is 17. The molecular formula is C38H48FN3O6. The molecule has 3 amide bonds. The highest BCUT2D eigenvalue weighted by Crippen LogP contribution is 2.23. The smallest absolute Gasteiger partial charge is 0.410 e. The minimum atomic E-state index is -1.31. The molecule has 1 atom stereocenters. The summed E-state index contributed by atoms with van der Waals surface area (Å²) in [5.41, 5.74) is 1.12. The van der Waals surface area contributed by atoms with Gasteiger partial charge in [-0.15, -0.1) is 0 Å². The average Bonchev–Trinajstić information content (AvgIpc) is 3.28. The van der Waals surface area contributed by atoms with Gasteiger partial charge in [-0.1, -0.05) is 72.8 Å². The van der Waals surface area contributed by atoms with Gasteiger partial charge >= 0.3 is 6.09 Å². The third-order valence-electron chi connectivity index (χ3n) is 8.00. The first-order valence-corrected chi connectivity index (χ1v) is 16.4. The van der Waals surface area contributed by atoms with Crippen molar-refractivity contribution in [3.05, 3.63) is 107 Å². The number of benzene rings is 3. The van der Waals surface area contributed by atoms with Gasteiger partial charge < -0.3 is 19.1 Å². The second-order valence-corrected chi connectivity index (χ2v) is 13.4. The summed E-state index contributed by atoms with van der Waals surface area (Å²) in [5.74, 6) is -0.687. The number of amides is 3. The lowest BCUT2D eigenvalue weighted by atomic mass is 10.0. The van der Waals surface area contributed by atoms with Crippen molar-refractivity contribution in [1.82, 2.24) is 14.7 Å². The van der Waals surface area contributed by atoms with Crippen LogP contribution in [-0.4, -0.2) is 96.0 Å². The lowest BCUT2D eigenvalue weighted by molar-refractivity contribution is -0.0858. The van der Waals surface area contributed by atoms with Crippen LogP contribution in [0.25, 0.3) is 0 Å². The van der Waals surface area contributed by atoms with Crippen molar-refractivity contribution in [2.24, 2.45) is 0 Å². The number of alkyl halides is 1. The van der Waals surface area contributed by atoms with Crippen LogP contribution in [-0.2, 0) is 27.3 Å². The van der Waals surface area contributed by atoms with E-state index in [0.717, 1.165) is 11.1 Å². The molecule has 4 rings (SSSR count). The van der Waals surface area contributed by atoms with Crippen molar-refractivity contribution in [1.29, 1.82) is 0 Å². The van der Waals surface area contributed by atoms with Crippen LogP contribution in [0.5, 0.6) is 0 Å². The van der Waals surface area contributed by atoms with E-state index in [0.29, 0.717) is 24.2 Å². The fraction of sp³-hybridized carbons (Fsp3) is 0.447. The van der Waals surface area contributed by atoms with E-state index in [1.165, 1.54) is 9.80 Å². The van der Waals surface area contributed by atoms with Crippen LogP contribution >= 0.6 is 0 Å². The van der Waals surface area contributed by atoms with Gasteiger partial charge in [0.1, 0.15) is 11.8 Å². The summed E-state index contributed by atoms with van der Waals surface area (Å²) in [6.45, 7) is 10.9. The van der Waals surface area contributed by atoms with Crippen LogP contribution in [0.4, 0.5) is 9.18 Å². The molecule has 0 aromatic heterocycles. The molecule has 258 valence electrons. The second-order valence-electron chi connectivity index (χ2n) is 13.4. The van der Waals surface area contributed by atoms with E-state index < -0.39 is 23.5 Å². The van der Waals surface area contributed by atoms with Crippen LogP contribution in [0.3, 0.4) is 0 Å². The Morgan fingerprint density at radius 3 is 1.77 bits per heavy atom. The van der Waals surface area contributed by atoms with Crippen LogP contribution in [0.15, 0.2) is 84.9 Å². The molecule has 0 saturated carbocycles. The first-order valence-electron chi connectivity index (χ1n) is 16.4. The minimum Gasteiger partial charge on any atom is -0.444 e. The summed E-state index contributed by atoms with van der Waals surface area (Å²) in [7, 11) is 0. The zero-order valence-electron chi connectivity index (χ0n) is 28.7. The summed E-state index contributed by atoms with van der Waals surface area (Å²) < 4.78 is 33.4. The van der Waals surface area contributed by atoms with Crippen molar-refractivity contribution in [2.45, 2.75) is 65.1 Å². The standard InChI is InChI=1S/C38H48FN3O6/c1-37(2,3)48-36(45)41(20-23-46-24-22-42-34(43)31-18-12-13-19-32(31)35(42)44)21-25-47-38(4,5)33(39)28-40(26-29-14-8-6-9-15-29)27-30-16-10-7-11-17-30/h6-19,33H,20-28H2,1-5H3. The van der Waals surface area contributed by atoms with Gasteiger partial charge in [-0.25, -0.2) is 9.18 Å². The van der Waals surface area contributed by atoms with E-state index in [2.05, 4.69) is 4.90 Å². The van der Waals surface area contributed by atoms with Gasteiger partial charge in [0.25, 0.3) is 11.8 Å². The number of hydrogen-bond acceptors (Lipinski definition) is 7. The largest absolute Gasteiger partial charge is 0.444 e. The second kappa shape index (κ2) is 16.8. The Bertz CT molecular complexity index is 1420. The van der Waals surface area contributed by atoms with E-state index in [1.54, 1.807) is 58.9 Å². The quantitative estimate of drug-likeness (QED) is 0.123. The fourth-order valence-electron chi connectivity index (χ4n) is 5.32. The van der Waals surface area contributed by atoms with Gasteiger partial charge in [-0.05, 0) is 57.9 Å². The molecule has 0 spiro atoms. The molecule has 1 aliphatic rings. The Morgan fingerprint density at radius 1 is 0.750 bits per heavy atom. The van der Waals surface area contributed by atoms with Gasteiger partial charge in [-0.2, -0.15) is 0 Å². The number of imide groups is 1. The number of ether oxygens (including phenoxy) is 3. The van der Waals surface area contributed by atoms with Crippen LogP contribution in [0, 0.1) is 0 Å². The lowest BCUT2D eigenvalue weighted by Gasteiger charge is -2.34. The van der Waals surface area contributed by atoms with Crippen molar-refractivity contribution in [3.63, 3.8) is 0 Å². The van der Waals surface area contributed by atoms with Crippen LogP contribution < -0.4 is 0 Å². The van der Waals surface area contributed by atoms with E-state index in [4.69, 9.17) is 14.2 Å². The van der Waals surface area contributed by atoms with E-state index in [-0.39, 0.29) is 57.8 Å². The molecule has 10 heteroatoms. The summed E-state index contributed by atoms with van der Waals surface area (Å²) in [6.07, 6.45) is -1.85. The number of carbonyl (C=O) groups excluding carboxylic acids is 3. The van der Waals surface area contributed by atoms with E-state index in [9.17, 15) is 14.4 Å². The van der Waals surface area contributed by atoms with Crippen LogP contribution in [0.1, 0.15) is 66.5 Å². The first kappa shape index (κ1) is 36.7. The van der Waals surface area contributed by atoms with Crippen molar-refractivity contribution in [3.8, 4) is 0 Å². The molecular weight excluding hydrogens is 613 g/mol. The van der Waals surface area contributed by atoms with Gasteiger partial charge in [0.2, 0.25) is 0 Å². The minimum absolute atomic E-state index is 0.0824. The molecule has 0 N–H and O–H groups in total. The highest BCUT2D eigenvalue weighted by molar-refractivity contribution is 6.21. The average molecular weight is 662 g/mol. The Labute approximate surface area is 283 Å². The van der Waals surface area contributed by atoms with Gasteiger partial charge in [0.15, 0.2) is 0 Å². The summed E-state index contributed by atoms with van der Waals surface area (Å²) in [5, 5.41) is 0. The maximum atomic E-state index is 16.0. The third-order valence-corrected chi connectivity index (χ3v) is 8.00. The van der Waals surface area contributed by atoms with Gasteiger partial charge in [-0.3, -0.25) is 19.4 Å². The summed E-state index contributed by atoms with van der Waals surface area (Å²) >= 11 is 0. The monoisotopic (exact) mass is 661 g/mol. The summed E-state index contributed by atoms with van der Waals surface area (Å²) in [4.78, 5) is 43.0. The van der Waals surface area contributed by atoms with Gasteiger partial charge in [0, 0.05) is 32.7 Å². The van der Waals surface area contributed by atoms with Gasteiger partial charge in [0.05, 0.1) is 43.1 Å². The van der Waals surface area contributed by atoms with Crippen molar-refractivity contribution in [2.75, 3.05) is 46.0 Å². The predicted octanol–water partition coefficient (Wildman–Crippen LogP) is 6.37. The van der Waals surface area contributed by atoms with Crippen LogP contribution in [0.2, 0.25) is 0 Å². The molecule has 1 unspecified atom stereocenters. The van der Waals surface area contributed by atoms with E-state index >= 15 is 4.39 Å². The van der Waals surface area contributed by atoms with Crippen molar-refractivity contribution >= 4 is 17.9 Å². The SMILES string of the molecule is CC(C)(C)OC(=O)N(CCOCCN1C(=O)c2ccccc2C1=O)CCOC(C)(C)C(F)CN(Cc1ccccc1)Cc1ccccc1. The predicted molar refractivity (Wildman–Crippen MR) is 182 cm³/mol. The first-order chi connectivity index (χ1) is 22.8. The molecule has 1 aliphatic heterocycles. The number of fused-ring (bicyclic) bond motifs is 1. The zero-order chi connectivity index (χ0) is 34.7. The molecule has 1 heterocycles. The topological polar surface area (TPSA) is 88.6 Å². The van der Waals surface area contributed by atoms with E-state index in [1.807, 2.05) is 60.7 Å². The number of halogens is 1. The molecule has 0 fully saturated rings. The maximum absolute atomic E-state index is 16.0. The highest BCUT2D eigenvalue weighted by Gasteiger charge is 2.35. The lowest BCUT2D eigenvalue weighted by Crippen LogP contribution is -2.46. The molecule has 48 heavy (non-hydrogen) atoms. The number of hydrogen-bond donors (Lipinski definition) is 0. The molecule has 3 aromatic rings. The Morgan fingerprint density at radius 2 is 1.25 bits per heavy atom. The van der Waals surface area contributed by atoms with Crippen molar-refractivity contribution < 1.29 is 33.0 Å². The molecule has 0 bridgehead atoms. The number of carbonyl (C=O) groups is 3. The molecule has 0 aliphatic carbocycles. The Balaban J connectivity index is 1.29.